The Morgan fingerprint density at radius 1 is 1.17 bits per heavy atom. The van der Waals surface area contributed by atoms with Crippen molar-refractivity contribution in [2.24, 2.45) is 0 Å². The van der Waals surface area contributed by atoms with E-state index in [-0.39, 0.29) is 5.91 Å². The maximum atomic E-state index is 11.8. The number of nitrogens with zero attached hydrogens (tertiary/aromatic N) is 2. The normalized spacial score (nSPS) is 10.6. The molecule has 4 nitrogen and oxygen atoms in total. The molecule has 0 spiro atoms. The van der Waals surface area contributed by atoms with E-state index in [0.717, 1.165) is 28.8 Å². The van der Waals surface area contributed by atoms with E-state index in [9.17, 15) is 4.79 Å². The van der Waals surface area contributed by atoms with Crippen LogP contribution < -0.4 is 5.32 Å². The van der Waals surface area contributed by atoms with Gasteiger partial charge in [0.1, 0.15) is 0 Å². The molecule has 0 aliphatic carbocycles. The molecule has 4 heteroatoms. The quantitative estimate of drug-likeness (QED) is 0.900. The average molecular weight is 243 g/mol. The second kappa shape index (κ2) is 5.12. The van der Waals surface area contributed by atoms with Crippen molar-refractivity contribution < 1.29 is 4.79 Å². The van der Waals surface area contributed by atoms with Crippen LogP contribution in [-0.4, -0.2) is 22.4 Å². The molecule has 0 unspecified atom stereocenters. The van der Waals surface area contributed by atoms with E-state index in [1.807, 2.05) is 26.8 Å². The van der Waals surface area contributed by atoms with Crippen molar-refractivity contribution in [1.82, 2.24) is 15.3 Å². The number of benzene rings is 1. The van der Waals surface area contributed by atoms with Crippen LogP contribution in [-0.2, 0) is 0 Å². The molecule has 0 bridgehead atoms. The summed E-state index contributed by atoms with van der Waals surface area (Å²) in [5, 5.41) is 2.85. The highest BCUT2D eigenvalue weighted by Crippen LogP contribution is 2.14. The largest absolute Gasteiger partial charge is 0.352 e. The molecule has 0 aliphatic heterocycles. The van der Waals surface area contributed by atoms with Gasteiger partial charge in [-0.3, -0.25) is 4.79 Å². The first kappa shape index (κ1) is 12.5. The number of nitrogens with one attached hydrogen (secondary N) is 1. The number of hydrogen-bond donors (Lipinski definition) is 1. The van der Waals surface area contributed by atoms with Crippen molar-refractivity contribution in [3.8, 4) is 0 Å². The molecule has 0 saturated carbocycles. The molecule has 2 rings (SSSR count). The van der Waals surface area contributed by atoms with E-state index < -0.39 is 0 Å². The van der Waals surface area contributed by atoms with Crippen molar-refractivity contribution in [2.45, 2.75) is 27.2 Å². The summed E-state index contributed by atoms with van der Waals surface area (Å²) in [6, 6.07) is 5.42. The summed E-state index contributed by atoms with van der Waals surface area (Å²) in [5.74, 6) is -0.0567. The van der Waals surface area contributed by atoms with Crippen LogP contribution in [0.2, 0.25) is 0 Å². The number of fused-ring (bicyclic) bond motifs is 1. The number of aromatic nitrogens is 2. The van der Waals surface area contributed by atoms with Crippen LogP contribution in [0, 0.1) is 13.8 Å². The van der Waals surface area contributed by atoms with E-state index in [0.29, 0.717) is 12.1 Å². The smallest absolute Gasteiger partial charge is 0.251 e. The van der Waals surface area contributed by atoms with Crippen LogP contribution in [0.4, 0.5) is 0 Å². The third-order valence-electron chi connectivity index (χ3n) is 2.87. The van der Waals surface area contributed by atoms with Gasteiger partial charge < -0.3 is 5.32 Å². The molecule has 0 atom stereocenters. The van der Waals surface area contributed by atoms with Gasteiger partial charge in [-0.1, -0.05) is 6.92 Å². The highest BCUT2D eigenvalue weighted by atomic mass is 16.1. The standard InChI is InChI=1S/C14H17N3O/c1-4-7-15-14(18)11-5-6-12-13(8-11)17-10(3)9(2)16-12/h5-6,8H,4,7H2,1-3H3,(H,15,18). The van der Waals surface area contributed by atoms with Crippen molar-refractivity contribution >= 4 is 16.9 Å². The topological polar surface area (TPSA) is 54.9 Å². The lowest BCUT2D eigenvalue weighted by molar-refractivity contribution is 0.0954. The molecule has 1 aromatic carbocycles. The Morgan fingerprint density at radius 3 is 2.50 bits per heavy atom. The number of amides is 1. The minimum Gasteiger partial charge on any atom is -0.352 e. The molecule has 2 aromatic rings. The Labute approximate surface area is 106 Å². The molecule has 18 heavy (non-hydrogen) atoms. The molecular weight excluding hydrogens is 226 g/mol. The molecule has 0 radical (unpaired) electrons. The van der Waals surface area contributed by atoms with Crippen LogP contribution in [0.25, 0.3) is 11.0 Å². The molecule has 0 saturated heterocycles. The van der Waals surface area contributed by atoms with Gasteiger partial charge in [-0.25, -0.2) is 9.97 Å². The molecule has 1 amide bonds. The van der Waals surface area contributed by atoms with Gasteiger partial charge in [-0.15, -0.1) is 0 Å². The zero-order valence-electron chi connectivity index (χ0n) is 10.9. The lowest BCUT2D eigenvalue weighted by Gasteiger charge is -2.06. The maximum Gasteiger partial charge on any atom is 0.251 e. The van der Waals surface area contributed by atoms with Crippen LogP contribution in [0.3, 0.4) is 0 Å². The van der Waals surface area contributed by atoms with Crippen LogP contribution in [0.5, 0.6) is 0 Å². The Morgan fingerprint density at radius 2 is 1.83 bits per heavy atom. The highest BCUT2D eigenvalue weighted by molar-refractivity contribution is 5.97. The Balaban J connectivity index is 2.38. The average Bonchev–Trinajstić information content (AvgIpc) is 2.36. The molecule has 94 valence electrons. The van der Waals surface area contributed by atoms with Crippen molar-refractivity contribution in [3.05, 3.63) is 35.2 Å². The molecular formula is C14H17N3O. The number of hydrogen-bond acceptors (Lipinski definition) is 3. The zero-order chi connectivity index (χ0) is 13.1. The first-order valence-electron chi connectivity index (χ1n) is 6.15. The van der Waals surface area contributed by atoms with E-state index in [2.05, 4.69) is 15.3 Å². The van der Waals surface area contributed by atoms with E-state index in [1.54, 1.807) is 12.1 Å². The monoisotopic (exact) mass is 243 g/mol. The number of carbonyl (C=O) groups is 1. The molecule has 0 aliphatic rings. The molecule has 1 heterocycles. The van der Waals surface area contributed by atoms with Crippen LogP contribution >= 0.6 is 0 Å². The summed E-state index contributed by atoms with van der Waals surface area (Å²) in [4.78, 5) is 20.7. The van der Waals surface area contributed by atoms with Gasteiger partial charge in [0.15, 0.2) is 0 Å². The second-order valence-electron chi connectivity index (χ2n) is 4.35. The predicted molar refractivity (Wildman–Crippen MR) is 71.6 cm³/mol. The minimum atomic E-state index is -0.0567. The predicted octanol–water partition coefficient (Wildman–Crippen LogP) is 2.39. The lowest BCUT2D eigenvalue weighted by Crippen LogP contribution is -2.23. The Kier molecular flexibility index (Phi) is 3.55. The highest BCUT2D eigenvalue weighted by Gasteiger charge is 2.07. The fourth-order valence-corrected chi connectivity index (χ4v) is 1.71. The number of rotatable bonds is 3. The van der Waals surface area contributed by atoms with Crippen molar-refractivity contribution in [2.75, 3.05) is 6.54 Å². The SMILES string of the molecule is CCCNC(=O)c1ccc2nc(C)c(C)nc2c1. The Hall–Kier alpha value is -1.97. The molecule has 1 N–H and O–H groups in total. The first-order valence-corrected chi connectivity index (χ1v) is 6.15. The van der Waals surface area contributed by atoms with Crippen molar-refractivity contribution in [3.63, 3.8) is 0 Å². The summed E-state index contributed by atoms with van der Waals surface area (Å²) in [6.45, 7) is 6.57. The Bertz CT molecular complexity index is 593. The fraction of sp³-hybridized carbons (Fsp3) is 0.357. The zero-order valence-corrected chi connectivity index (χ0v) is 10.9. The van der Waals surface area contributed by atoms with Gasteiger partial charge in [0.25, 0.3) is 5.91 Å². The van der Waals surface area contributed by atoms with Crippen LogP contribution in [0.15, 0.2) is 18.2 Å². The van der Waals surface area contributed by atoms with E-state index in [4.69, 9.17) is 0 Å². The third-order valence-corrected chi connectivity index (χ3v) is 2.87. The summed E-state index contributed by atoms with van der Waals surface area (Å²) in [5.41, 5.74) is 4.04. The van der Waals surface area contributed by atoms with Gasteiger partial charge >= 0.3 is 0 Å². The molecule has 1 aromatic heterocycles. The summed E-state index contributed by atoms with van der Waals surface area (Å²) >= 11 is 0. The van der Waals surface area contributed by atoms with Gasteiger partial charge in [-0.05, 0) is 38.5 Å². The summed E-state index contributed by atoms with van der Waals surface area (Å²) < 4.78 is 0. The second-order valence-corrected chi connectivity index (χ2v) is 4.35. The molecule has 0 fully saturated rings. The third kappa shape index (κ3) is 2.47. The van der Waals surface area contributed by atoms with E-state index in [1.165, 1.54) is 0 Å². The minimum absolute atomic E-state index is 0.0567. The summed E-state index contributed by atoms with van der Waals surface area (Å²) in [6.07, 6.45) is 0.928. The van der Waals surface area contributed by atoms with Crippen LogP contribution in [0.1, 0.15) is 35.1 Å². The van der Waals surface area contributed by atoms with Gasteiger partial charge in [-0.2, -0.15) is 0 Å². The first-order chi connectivity index (χ1) is 8.61. The number of aryl methyl sites for hydroxylation is 2. The van der Waals surface area contributed by atoms with E-state index >= 15 is 0 Å². The maximum absolute atomic E-state index is 11.8. The fourth-order valence-electron chi connectivity index (χ4n) is 1.71. The van der Waals surface area contributed by atoms with Gasteiger partial charge in [0.2, 0.25) is 0 Å². The number of carbonyl (C=O) groups excluding carboxylic acids is 1. The van der Waals surface area contributed by atoms with Crippen molar-refractivity contribution in [1.29, 1.82) is 0 Å². The van der Waals surface area contributed by atoms with Gasteiger partial charge in [0.05, 0.1) is 22.4 Å². The summed E-state index contributed by atoms with van der Waals surface area (Å²) in [7, 11) is 0. The van der Waals surface area contributed by atoms with Gasteiger partial charge in [0, 0.05) is 12.1 Å². The lowest BCUT2D eigenvalue weighted by atomic mass is 10.1.